The molecule has 0 saturated heterocycles. The van der Waals surface area contributed by atoms with E-state index in [2.05, 4.69) is 23.5 Å². The second-order valence-electron chi connectivity index (χ2n) is 4.26. The van der Waals surface area contributed by atoms with Crippen LogP contribution in [0.15, 0.2) is 18.2 Å². The van der Waals surface area contributed by atoms with E-state index < -0.39 is 0 Å². The van der Waals surface area contributed by atoms with Crippen molar-refractivity contribution in [3.8, 4) is 0 Å². The van der Waals surface area contributed by atoms with Crippen molar-refractivity contribution in [2.75, 3.05) is 18.4 Å². The van der Waals surface area contributed by atoms with Gasteiger partial charge in [-0.05, 0) is 61.9 Å². The minimum absolute atomic E-state index is 0.762. The number of benzene rings is 1. The molecule has 2 rings (SSSR count). The lowest BCUT2D eigenvalue weighted by Crippen LogP contribution is -2.09. The lowest BCUT2D eigenvalue weighted by atomic mass is 9.91. The monoisotopic (exact) mass is 204 g/mol. The molecule has 0 aromatic heterocycles. The van der Waals surface area contributed by atoms with Crippen LogP contribution in [0.25, 0.3) is 0 Å². The van der Waals surface area contributed by atoms with Gasteiger partial charge in [0.1, 0.15) is 0 Å². The smallest absolute Gasteiger partial charge is 0.0343 e. The van der Waals surface area contributed by atoms with Gasteiger partial charge < -0.3 is 11.1 Å². The van der Waals surface area contributed by atoms with Crippen LogP contribution in [0.2, 0.25) is 0 Å². The maximum atomic E-state index is 5.46. The number of aryl methyl sites for hydroxylation is 2. The fraction of sp³-hybridized carbons (Fsp3) is 0.538. The number of anilines is 1. The van der Waals surface area contributed by atoms with Gasteiger partial charge >= 0.3 is 0 Å². The Kier molecular flexibility index (Phi) is 3.62. The summed E-state index contributed by atoms with van der Waals surface area (Å²) >= 11 is 0. The van der Waals surface area contributed by atoms with Crippen molar-refractivity contribution in [3.63, 3.8) is 0 Å². The molecule has 1 aliphatic rings. The predicted octanol–water partition coefficient (Wildman–Crippen LogP) is 2.33. The van der Waals surface area contributed by atoms with Crippen molar-refractivity contribution in [1.29, 1.82) is 0 Å². The standard InChI is InChI=1S/C13H20N2/c14-8-3-9-15-13-7-6-11-4-1-2-5-12(11)10-13/h6-7,10,15H,1-5,8-9,14H2. The third-order valence-electron chi connectivity index (χ3n) is 3.06. The van der Waals surface area contributed by atoms with Crippen LogP contribution in [-0.4, -0.2) is 13.1 Å². The van der Waals surface area contributed by atoms with Crippen molar-refractivity contribution in [2.24, 2.45) is 5.73 Å². The number of fused-ring (bicyclic) bond motifs is 1. The largest absolute Gasteiger partial charge is 0.385 e. The summed E-state index contributed by atoms with van der Waals surface area (Å²) in [7, 11) is 0. The Bertz CT molecular complexity index is 320. The number of hydrogen-bond acceptors (Lipinski definition) is 2. The molecular formula is C13H20N2. The van der Waals surface area contributed by atoms with Gasteiger partial charge in [0.05, 0.1) is 0 Å². The van der Waals surface area contributed by atoms with Gasteiger partial charge in [-0.3, -0.25) is 0 Å². The third kappa shape index (κ3) is 2.72. The van der Waals surface area contributed by atoms with Crippen LogP contribution < -0.4 is 11.1 Å². The quantitative estimate of drug-likeness (QED) is 0.739. The van der Waals surface area contributed by atoms with E-state index in [-0.39, 0.29) is 0 Å². The van der Waals surface area contributed by atoms with E-state index in [0.717, 1.165) is 19.5 Å². The van der Waals surface area contributed by atoms with Crippen LogP contribution in [0.3, 0.4) is 0 Å². The molecule has 0 fully saturated rings. The van der Waals surface area contributed by atoms with E-state index >= 15 is 0 Å². The van der Waals surface area contributed by atoms with E-state index in [1.54, 1.807) is 11.1 Å². The number of hydrogen-bond donors (Lipinski definition) is 2. The summed E-state index contributed by atoms with van der Waals surface area (Å²) in [5.74, 6) is 0. The summed E-state index contributed by atoms with van der Waals surface area (Å²) in [5.41, 5.74) is 9.80. The molecule has 15 heavy (non-hydrogen) atoms. The fourth-order valence-corrected chi connectivity index (χ4v) is 2.18. The number of nitrogens with two attached hydrogens (primary N) is 1. The number of nitrogens with one attached hydrogen (secondary N) is 1. The van der Waals surface area contributed by atoms with Crippen molar-refractivity contribution in [2.45, 2.75) is 32.1 Å². The topological polar surface area (TPSA) is 38.0 Å². The maximum absolute atomic E-state index is 5.46. The van der Waals surface area contributed by atoms with Gasteiger partial charge in [-0.15, -0.1) is 0 Å². The molecule has 0 aliphatic heterocycles. The minimum Gasteiger partial charge on any atom is -0.385 e. The fourth-order valence-electron chi connectivity index (χ4n) is 2.18. The first-order valence-electron chi connectivity index (χ1n) is 5.96. The van der Waals surface area contributed by atoms with Crippen LogP contribution in [-0.2, 0) is 12.8 Å². The normalized spacial score (nSPS) is 14.7. The summed E-state index contributed by atoms with van der Waals surface area (Å²) in [6.07, 6.45) is 6.25. The molecule has 82 valence electrons. The Hall–Kier alpha value is -1.02. The molecule has 1 aliphatic carbocycles. The molecule has 0 atom stereocenters. The van der Waals surface area contributed by atoms with Crippen molar-refractivity contribution in [3.05, 3.63) is 29.3 Å². The van der Waals surface area contributed by atoms with Gasteiger partial charge in [0.15, 0.2) is 0 Å². The zero-order chi connectivity index (χ0) is 10.5. The average molecular weight is 204 g/mol. The molecule has 2 heteroatoms. The summed E-state index contributed by atoms with van der Waals surface area (Å²) in [5, 5.41) is 3.42. The van der Waals surface area contributed by atoms with Gasteiger partial charge in [-0.1, -0.05) is 6.07 Å². The van der Waals surface area contributed by atoms with Gasteiger partial charge in [-0.25, -0.2) is 0 Å². The predicted molar refractivity (Wildman–Crippen MR) is 65.2 cm³/mol. The van der Waals surface area contributed by atoms with Gasteiger partial charge in [0.2, 0.25) is 0 Å². The molecule has 0 unspecified atom stereocenters. The molecule has 0 bridgehead atoms. The van der Waals surface area contributed by atoms with Gasteiger partial charge in [0, 0.05) is 12.2 Å². The zero-order valence-corrected chi connectivity index (χ0v) is 9.26. The first-order valence-corrected chi connectivity index (χ1v) is 5.96. The van der Waals surface area contributed by atoms with Crippen LogP contribution >= 0.6 is 0 Å². The second kappa shape index (κ2) is 5.17. The summed E-state index contributed by atoms with van der Waals surface area (Å²) < 4.78 is 0. The summed E-state index contributed by atoms with van der Waals surface area (Å²) in [4.78, 5) is 0. The Morgan fingerprint density at radius 2 is 1.93 bits per heavy atom. The minimum atomic E-state index is 0.762. The summed E-state index contributed by atoms with van der Waals surface area (Å²) in [6.45, 7) is 1.74. The van der Waals surface area contributed by atoms with Crippen LogP contribution in [0.4, 0.5) is 5.69 Å². The van der Waals surface area contributed by atoms with Crippen LogP contribution in [0.5, 0.6) is 0 Å². The summed E-state index contributed by atoms with van der Waals surface area (Å²) in [6, 6.07) is 6.78. The molecule has 0 radical (unpaired) electrons. The molecule has 0 saturated carbocycles. The van der Waals surface area contributed by atoms with Gasteiger partial charge in [-0.2, -0.15) is 0 Å². The molecule has 0 heterocycles. The molecule has 1 aromatic carbocycles. The van der Waals surface area contributed by atoms with E-state index in [1.165, 1.54) is 31.4 Å². The highest BCUT2D eigenvalue weighted by Crippen LogP contribution is 2.24. The van der Waals surface area contributed by atoms with Crippen molar-refractivity contribution < 1.29 is 0 Å². The van der Waals surface area contributed by atoms with E-state index in [1.807, 2.05) is 0 Å². The van der Waals surface area contributed by atoms with E-state index in [4.69, 9.17) is 5.73 Å². The Labute approximate surface area is 91.9 Å². The van der Waals surface area contributed by atoms with E-state index in [0.29, 0.717) is 0 Å². The van der Waals surface area contributed by atoms with Crippen molar-refractivity contribution >= 4 is 5.69 Å². The van der Waals surface area contributed by atoms with E-state index in [9.17, 15) is 0 Å². The van der Waals surface area contributed by atoms with Crippen LogP contribution in [0, 0.1) is 0 Å². The first kappa shape index (κ1) is 10.5. The molecule has 1 aromatic rings. The molecule has 3 N–H and O–H groups in total. The van der Waals surface area contributed by atoms with Gasteiger partial charge in [0.25, 0.3) is 0 Å². The molecular weight excluding hydrogens is 184 g/mol. The highest BCUT2D eigenvalue weighted by atomic mass is 14.9. The Morgan fingerprint density at radius 1 is 1.13 bits per heavy atom. The highest BCUT2D eigenvalue weighted by molar-refractivity contribution is 5.49. The maximum Gasteiger partial charge on any atom is 0.0343 e. The molecule has 0 spiro atoms. The number of rotatable bonds is 4. The highest BCUT2D eigenvalue weighted by Gasteiger charge is 2.08. The lowest BCUT2D eigenvalue weighted by Gasteiger charge is -2.17. The molecule has 2 nitrogen and oxygen atoms in total. The Morgan fingerprint density at radius 3 is 2.73 bits per heavy atom. The first-order chi connectivity index (χ1) is 7.40. The SMILES string of the molecule is NCCCNc1ccc2c(c1)CCCC2. The molecule has 0 amide bonds. The zero-order valence-electron chi connectivity index (χ0n) is 9.26. The Balaban J connectivity index is 2.00. The van der Waals surface area contributed by atoms with Crippen molar-refractivity contribution in [1.82, 2.24) is 0 Å². The third-order valence-corrected chi connectivity index (χ3v) is 3.06. The van der Waals surface area contributed by atoms with Crippen LogP contribution in [0.1, 0.15) is 30.4 Å². The average Bonchev–Trinajstić information content (AvgIpc) is 2.29. The lowest BCUT2D eigenvalue weighted by molar-refractivity contribution is 0.686. The second-order valence-corrected chi connectivity index (χ2v) is 4.26.